The largest absolute Gasteiger partial charge is 0.488 e. The number of amides is 3. The van der Waals surface area contributed by atoms with E-state index in [1.54, 1.807) is 36.4 Å². The van der Waals surface area contributed by atoms with E-state index >= 15 is 0 Å². The molecule has 0 spiro atoms. The number of aromatic amines is 1. The maximum Gasteiger partial charge on any atom is 0.488 e. The van der Waals surface area contributed by atoms with Gasteiger partial charge in [-0.1, -0.05) is 24.3 Å². The molecule has 11 N–H and O–H groups in total. The predicted octanol–water partition coefficient (Wildman–Crippen LogP) is -0.0179. The van der Waals surface area contributed by atoms with E-state index in [1.807, 2.05) is 6.20 Å². The number of fused-ring (bicyclic) bond motifs is 1. The van der Waals surface area contributed by atoms with Crippen molar-refractivity contribution in [1.29, 1.82) is 0 Å². The third kappa shape index (κ3) is 7.49. The van der Waals surface area contributed by atoms with Gasteiger partial charge in [-0.15, -0.1) is 0 Å². The van der Waals surface area contributed by atoms with Crippen molar-refractivity contribution in [2.24, 2.45) is 0 Å². The summed E-state index contributed by atoms with van der Waals surface area (Å²) in [6.45, 7) is -0.0414. The number of hydrogen-bond donors (Lipinski definition) is 9. The van der Waals surface area contributed by atoms with Crippen LogP contribution in [0.2, 0.25) is 0 Å². The average Bonchev–Trinajstić information content (AvgIpc) is 3.34. The summed E-state index contributed by atoms with van der Waals surface area (Å²) < 4.78 is 0. The van der Waals surface area contributed by atoms with Crippen molar-refractivity contribution in [3.05, 3.63) is 71.4 Å². The topological polar surface area (TPSA) is 242 Å². The van der Waals surface area contributed by atoms with Gasteiger partial charge in [0.1, 0.15) is 17.5 Å². The second-order valence-electron chi connectivity index (χ2n) is 9.23. The smallest absolute Gasteiger partial charge is 0.480 e. The van der Waals surface area contributed by atoms with Crippen molar-refractivity contribution in [3.63, 3.8) is 0 Å². The van der Waals surface area contributed by atoms with Gasteiger partial charge < -0.3 is 47.6 Å². The molecule has 0 saturated carbocycles. The fourth-order valence-corrected chi connectivity index (χ4v) is 4.23. The van der Waals surface area contributed by atoms with Crippen LogP contribution in [0.3, 0.4) is 0 Å². The number of aromatic nitrogens is 3. The van der Waals surface area contributed by atoms with E-state index in [1.165, 1.54) is 12.1 Å². The molecule has 14 nitrogen and oxygen atoms in total. The van der Waals surface area contributed by atoms with E-state index in [0.717, 1.165) is 16.5 Å². The van der Waals surface area contributed by atoms with Crippen LogP contribution in [-0.2, 0) is 17.6 Å². The van der Waals surface area contributed by atoms with Gasteiger partial charge in [-0.25, -0.2) is 9.59 Å². The summed E-state index contributed by atoms with van der Waals surface area (Å²) in [5.74, 6) is -1.42. The molecule has 0 aliphatic carbocycles. The number of carboxylic acids is 1. The Kier molecular flexibility index (Phi) is 9.01. The van der Waals surface area contributed by atoms with Gasteiger partial charge in [-0.2, -0.15) is 9.97 Å². The number of nitrogens with zero attached hydrogens (tertiary/aromatic N) is 2. The Balaban J connectivity index is 1.27. The molecule has 0 aliphatic heterocycles. The summed E-state index contributed by atoms with van der Waals surface area (Å²) in [5.41, 5.74) is 14.9. The van der Waals surface area contributed by atoms with Crippen LogP contribution in [0.1, 0.15) is 27.9 Å². The Morgan fingerprint density at radius 1 is 1.02 bits per heavy atom. The summed E-state index contributed by atoms with van der Waals surface area (Å²) in [6, 6.07) is 10.9. The number of nitrogens with two attached hydrogens (primary N) is 2. The summed E-state index contributed by atoms with van der Waals surface area (Å²) >= 11 is 0. The van der Waals surface area contributed by atoms with Gasteiger partial charge in [0.2, 0.25) is 5.95 Å². The second kappa shape index (κ2) is 12.8. The van der Waals surface area contributed by atoms with Crippen LogP contribution >= 0.6 is 0 Å². The minimum Gasteiger partial charge on any atom is -0.480 e. The number of nitrogen functional groups attached to an aromatic ring is 2. The highest BCUT2D eigenvalue weighted by Crippen LogP contribution is 2.24. The maximum atomic E-state index is 12.7. The molecule has 3 amide bonds. The standard InChI is InChI=1S/C26H29BN8O6/c28-21-20-16(13-31-22(20)35-25(29)34-21)9-6-14-4-7-15(8-5-14)23(36)33-19(24(37)38)10-11-30-26(39)32-18-3-1-2-17(12-18)27(40)41/h1-5,7-8,12-13,19,40-41H,6,9-11H2,(H,33,36)(H,37,38)(H2,30,32,39)(H5,28,29,31,34,35)/t19-/m0/s1. The quantitative estimate of drug-likeness (QED) is 0.111. The molecule has 2 aromatic carbocycles. The van der Waals surface area contributed by atoms with Crippen LogP contribution in [0.5, 0.6) is 0 Å². The van der Waals surface area contributed by atoms with Crippen LogP contribution in [0.4, 0.5) is 22.2 Å². The Bertz CT molecular complexity index is 1560. The molecule has 41 heavy (non-hydrogen) atoms. The highest BCUT2D eigenvalue weighted by Gasteiger charge is 2.21. The van der Waals surface area contributed by atoms with Gasteiger partial charge in [0.25, 0.3) is 5.91 Å². The van der Waals surface area contributed by atoms with Crippen molar-refractivity contribution in [1.82, 2.24) is 25.6 Å². The first kappa shape index (κ1) is 28.9. The van der Waals surface area contributed by atoms with Gasteiger partial charge in [-0.05, 0) is 60.1 Å². The molecule has 1 atom stereocenters. The van der Waals surface area contributed by atoms with E-state index < -0.39 is 31.1 Å². The number of carbonyl (C=O) groups is 3. The molecular formula is C26H29BN8O6. The molecular weight excluding hydrogens is 531 g/mol. The highest BCUT2D eigenvalue weighted by molar-refractivity contribution is 6.58. The van der Waals surface area contributed by atoms with Crippen molar-refractivity contribution in [2.75, 3.05) is 23.3 Å². The number of rotatable bonds is 11. The fraction of sp³-hybridized carbons (Fsp3) is 0.192. The maximum absolute atomic E-state index is 12.7. The van der Waals surface area contributed by atoms with Gasteiger partial charge in [0.15, 0.2) is 0 Å². The molecule has 0 fully saturated rings. The van der Waals surface area contributed by atoms with Crippen LogP contribution in [0.25, 0.3) is 11.0 Å². The van der Waals surface area contributed by atoms with E-state index in [0.29, 0.717) is 30.0 Å². The lowest BCUT2D eigenvalue weighted by molar-refractivity contribution is -0.139. The lowest BCUT2D eigenvalue weighted by Crippen LogP contribution is -2.43. The first-order chi connectivity index (χ1) is 19.6. The Morgan fingerprint density at radius 2 is 1.78 bits per heavy atom. The summed E-state index contributed by atoms with van der Waals surface area (Å²) in [6.07, 6.45) is 3.03. The number of carboxylic acid groups (broad SMARTS) is 1. The fourth-order valence-electron chi connectivity index (χ4n) is 4.23. The number of benzene rings is 2. The van der Waals surface area contributed by atoms with Gasteiger partial charge in [0.05, 0.1) is 5.39 Å². The Labute approximate surface area is 234 Å². The van der Waals surface area contributed by atoms with E-state index in [-0.39, 0.29) is 29.9 Å². The number of aryl methyl sites for hydroxylation is 2. The third-order valence-electron chi connectivity index (χ3n) is 6.32. The molecule has 4 aromatic rings. The lowest BCUT2D eigenvalue weighted by atomic mass is 9.80. The minimum atomic E-state index is -1.68. The first-order valence-corrected chi connectivity index (χ1v) is 12.6. The molecule has 0 saturated heterocycles. The van der Waals surface area contributed by atoms with Crippen molar-refractivity contribution in [3.8, 4) is 0 Å². The molecule has 2 heterocycles. The number of H-pyrrole nitrogens is 1. The monoisotopic (exact) mass is 560 g/mol. The lowest BCUT2D eigenvalue weighted by Gasteiger charge is -2.15. The molecule has 15 heteroatoms. The zero-order valence-corrected chi connectivity index (χ0v) is 21.8. The summed E-state index contributed by atoms with van der Waals surface area (Å²) in [5, 5.41) is 36.2. The van der Waals surface area contributed by atoms with Crippen LogP contribution < -0.4 is 32.9 Å². The van der Waals surface area contributed by atoms with Gasteiger partial charge in [-0.3, -0.25) is 4.79 Å². The molecule has 4 rings (SSSR count). The van der Waals surface area contributed by atoms with Crippen LogP contribution in [-0.4, -0.2) is 67.7 Å². The Morgan fingerprint density at radius 3 is 2.49 bits per heavy atom. The number of anilines is 3. The zero-order valence-electron chi connectivity index (χ0n) is 21.8. The van der Waals surface area contributed by atoms with E-state index in [9.17, 15) is 29.5 Å². The van der Waals surface area contributed by atoms with Gasteiger partial charge in [0, 0.05) is 24.0 Å². The van der Waals surface area contributed by atoms with Crippen molar-refractivity contribution in [2.45, 2.75) is 25.3 Å². The summed E-state index contributed by atoms with van der Waals surface area (Å²) in [4.78, 5) is 47.7. The van der Waals surface area contributed by atoms with E-state index in [2.05, 4.69) is 30.9 Å². The molecule has 0 aliphatic rings. The number of carbonyl (C=O) groups excluding carboxylic acids is 2. The van der Waals surface area contributed by atoms with E-state index in [4.69, 9.17) is 11.5 Å². The highest BCUT2D eigenvalue weighted by atomic mass is 16.4. The first-order valence-electron chi connectivity index (χ1n) is 12.6. The third-order valence-corrected chi connectivity index (χ3v) is 6.32. The average molecular weight is 560 g/mol. The zero-order chi connectivity index (χ0) is 29.5. The van der Waals surface area contributed by atoms with Crippen molar-refractivity contribution >= 4 is 59.0 Å². The molecule has 0 unspecified atom stereocenters. The number of urea groups is 1. The van der Waals surface area contributed by atoms with Crippen LogP contribution in [0, 0.1) is 0 Å². The van der Waals surface area contributed by atoms with Crippen molar-refractivity contribution < 1.29 is 29.5 Å². The molecule has 0 bridgehead atoms. The second-order valence-corrected chi connectivity index (χ2v) is 9.23. The molecule has 0 radical (unpaired) electrons. The Hall–Kier alpha value is -5.15. The predicted molar refractivity (Wildman–Crippen MR) is 153 cm³/mol. The van der Waals surface area contributed by atoms with Gasteiger partial charge >= 0.3 is 19.1 Å². The SMILES string of the molecule is Nc1nc(N)c2c(CCc3ccc(C(=O)N[C@@H](CCNC(=O)Nc4cccc(B(O)O)c4)C(=O)O)cc3)c[nH]c2n1. The number of nitrogens with one attached hydrogen (secondary N) is 4. The molecule has 2 aromatic heterocycles. The van der Waals surface area contributed by atoms with Crippen LogP contribution in [0.15, 0.2) is 54.7 Å². The molecule has 212 valence electrons. The summed E-state index contributed by atoms with van der Waals surface area (Å²) in [7, 11) is -1.68. The number of aliphatic carboxylic acids is 1. The minimum absolute atomic E-state index is 0.0414. The number of hydrogen-bond acceptors (Lipinski definition) is 9. The normalized spacial score (nSPS) is 11.6.